The standard InChI is InChI=1S/C36H26F8O/c1-2-3-4-5-21-6-8-22(9-7-21)23-10-13-27(30(37)16-23)24-11-15-29(32(39)17-24)36(43,44)45-26-12-14-28(31(38)20-26)25-18-33(40)35(42)34(41)19-25/h6-20H,2-5H2,1H3. The molecule has 232 valence electrons. The molecule has 9 heteroatoms. The van der Waals surface area contributed by atoms with Gasteiger partial charge >= 0.3 is 6.11 Å². The lowest BCUT2D eigenvalue weighted by Gasteiger charge is -2.20. The van der Waals surface area contributed by atoms with E-state index < -0.39 is 57.9 Å². The fourth-order valence-corrected chi connectivity index (χ4v) is 5.00. The average Bonchev–Trinajstić information content (AvgIpc) is 3.00. The maximum absolute atomic E-state index is 15.1. The summed E-state index contributed by atoms with van der Waals surface area (Å²) in [5.74, 6) is -8.86. The Kier molecular flexibility index (Phi) is 9.27. The van der Waals surface area contributed by atoms with Crippen LogP contribution in [0, 0.1) is 34.9 Å². The van der Waals surface area contributed by atoms with Crippen LogP contribution in [0.5, 0.6) is 5.75 Å². The van der Waals surface area contributed by atoms with Crippen molar-refractivity contribution in [3.8, 4) is 39.1 Å². The van der Waals surface area contributed by atoms with Crippen molar-refractivity contribution in [1.82, 2.24) is 0 Å². The van der Waals surface area contributed by atoms with Gasteiger partial charge in [-0.2, -0.15) is 8.78 Å². The molecule has 5 rings (SSSR count). The van der Waals surface area contributed by atoms with Crippen molar-refractivity contribution in [2.45, 2.75) is 38.7 Å². The highest BCUT2D eigenvalue weighted by molar-refractivity contribution is 5.71. The van der Waals surface area contributed by atoms with Crippen LogP contribution in [-0.2, 0) is 12.5 Å². The highest BCUT2D eigenvalue weighted by Gasteiger charge is 2.38. The van der Waals surface area contributed by atoms with Crippen LogP contribution in [0.3, 0.4) is 0 Å². The highest BCUT2D eigenvalue weighted by atomic mass is 19.3. The zero-order chi connectivity index (χ0) is 32.3. The summed E-state index contributed by atoms with van der Waals surface area (Å²) in [5, 5.41) is 0. The molecule has 0 spiro atoms. The van der Waals surface area contributed by atoms with E-state index in [2.05, 4.69) is 11.7 Å². The second-order valence-corrected chi connectivity index (χ2v) is 10.6. The predicted octanol–water partition coefficient (Wildman–Crippen LogP) is 11.4. The lowest BCUT2D eigenvalue weighted by atomic mass is 9.97. The zero-order valence-corrected chi connectivity index (χ0v) is 23.9. The zero-order valence-electron chi connectivity index (χ0n) is 23.9. The van der Waals surface area contributed by atoms with Crippen molar-refractivity contribution in [2.75, 3.05) is 0 Å². The Morgan fingerprint density at radius 1 is 0.533 bits per heavy atom. The molecule has 0 N–H and O–H groups in total. The minimum atomic E-state index is -4.28. The molecule has 0 bridgehead atoms. The second kappa shape index (κ2) is 13.1. The largest absolute Gasteiger partial charge is 0.429 e. The third kappa shape index (κ3) is 7.03. The van der Waals surface area contributed by atoms with Gasteiger partial charge in [0.15, 0.2) is 17.5 Å². The lowest BCUT2D eigenvalue weighted by molar-refractivity contribution is -0.187. The Morgan fingerprint density at radius 2 is 1.09 bits per heavy atom. The van der Waals surface area contributed by atoms with Gasteiger partial charge in [-0.3, -0.25) is 0 Å². The molecule has 0 radical (unpaired) electrons. The second-order valence-electron chi connectivity index (χ2n) is 10.6. The molecular weight excluding hydrogens is 600 g/mol. The molecule has 1 nitrogen and oxygen atoms in total. The van der Waals surface area contributed by atoms with E-state index in [-0.39, 0.29) is 16.7 Å². The number of rotatable bonds is 10. The van der Waals surface area contributed by atoms with E-state index in [1.165, 1.54) is 17.7 Å². The molecule has 0 aliphatic rings. The van der Waals surface area contributed by atoms with Crippen molar-refractivity contribution >= 4 is 0 Å². The summed E-state index contributed by atoms with van der Waals surface area (Å²) in [6.45, 7) is 2.13. The van der Waals surface area contributed by atoms with Crippen molar-refractivity contribution in [2.24, 2.45) is 0 Å². The molecule has 0 fully saturated rings. The fourth-order valence-electron chi connectivity index (χ4n) is 5.00. The SMILES string of the molecule is CCCCCc1ccc(-c2ccc(-c3ccc(C(F)(F)Oc4ccc(-c5cc(F)c(F)c(F)c5)c(F)c4)c(F)c3)c(F)c2)cc1. The van der Waals surface area contributed by atoms with E-state index in [4.69, 9.17) is 0 Å². The average molecular weight is 627 g/mol. The molecule has 0 aliphatic carbocycles. The third-order valence-electron chi connectivity index (χ3n) is 7.40. The predicted molar refractivity (Wildman–Crippen MR) is 157 cm³/mol. The molecular formula is C36H26F8O. The first-order chi connectivity index (χ1) is 21.5. The molecule has 0 saturated heterocycles. The Hall–Kier alpha value is -4.66. The minimum absolute atomic E-state index is 0.00375. The van der Waals surface area contributed by atoms with Crippen molar-refractivity contribution in [1.29, 1.82) is 0 Å². The van der Waals surface area contributed by atoms with Crippen LogP contribution < -0.4 is 4.74 Å². The van der Waals surface area contributed by atoms with E-state index >= 15 is 4.39 Å². The van der Waals surface area contributed by atoms with Gasteiger partial charge in [-0.15, -0.1) is 0 Å². The summed E-state index contributed by atoms with van der Waals surface area (Å²) in [7, 11) is 0. The van der Waals surface area contributed by atoms with Crippen molar-refractivity contribution in [3.63, 3.8) is 0 Å². The van der Waals surface area contributed by atoms with Gasteiger partial charge in [0, 0.05) is 17.2 Å². The van der Waals surface area contributed by atoms with Gasteiger partial charge in [-0.05, 0) is 83.1 Å². The van der Waals surface area contributed by atoms with Gasteiger partial charge in [0.05, 0.1) is 5.56 Å². The summed E-state index contributed by atoms with van der Waals surface area (Å²) < 4.78 is 120. The summed E-state index contributed by atoms with van der Waals surface area (Å²) in [6, 6.07) is 18.2. The number of ether oxygens (including phenoxy) is 1. The maximum Gasteiger partial charge on any atom is 0.429 e. The molecule has 0 atom stereocenters. The number of hydrogen-bond acceptors (Lipinski definition) is 1. The molecule has 0 aromatic heterocycles. The molecule has 0 heterocycles. The molecule has 0 amide bonds. The maximum atomic E-state index is 15.1. The molecule has 0 unspecified atom stereocenters. The van der Waals surface area contributed by atoms with Crippen LogP contribution in [0.15, 0.2) is 91.0 Å². The monoisotopic (exact) mass is 626 g/mol. The molecule has 5 aromatic carbocycles. The summed E-state index contributed by atoms with van der Waals surface area (Å²) in [5.41, 5.74) is 0.607. The van der Waals surface area contributed by atoms with Crippen LogP contribution in [0.2, 0.25) is 0 Å². The van der Waals surface area contributed by atoms with E-state index in [1.807, 2.05) is 24.3 Å². The van der Waals surface area contributed by atoms with Crippen LogP contribution >= 0.6 is 0 Å². The summed E-state index contributed by atoms with van der Waals surface area (Å²) >= 11 is 0. The van der Waals surface area contributed by atoms with Gasteiger partial charge in [-0.25, -0.2) is 26.3 Å². The number of alkyl halides is 2. The Balaban J connectivity index is 1.32. The third-order valence-corrected chi connectivity index (χ3v) is 7.40. The highest BCUT2D eigenvalue weighted by Crippen LogP contribution is 2.37. The summed E-state index contributed by atoms with van der Waals surface area (Å²) in [4.78, 5) is 0. The van der Waals surface area contributed by atoms with Gasteiger partial charge in [0.1, 0.15) is 23.2 Å². The first-order valence-electron chi connectivity index (χ1n) is 14.2. The normalized spacial score (nSPS) is 11.6. The lowest BCUT2D eigenvalue weighted by Crippen LogP contribution is -2.23. The van der Waals surface area contributed by atoms with Crippen molar-refractivity contribution < 1.29 is 39.9 Å². The van der Waals surface area contributed by atoms with Gasteiger partial charge in [0.25, 0.3) is 0 Å². The number of halogens is 8. The molecule has 0 saturated carbocycles. The Labute approximate surface area is 254 Å². The van der Waals surface area contributed by atoms with E-state index in [9.17, 15) is 30.7 Å². The van der Waals surface area contributed by atoms with Gasteiger partial charge < -0.3 is 4.74 Å². The van der Waals surface area contributed by atoms with E-state index in [0.717, 1.165) is 61.6 Å². The smallest absolute Gasteiger partial charge is 0.429 e. The van der Waals surface area contributed by atoms with Crippen molar-refractivity contribution in [3.05, 3.63) is 137 Å². The first kappa shape index (κ1) is 31.8. The number of aryl methyl sites for hydroxylation is 1. The number of hydrogen-bond donors (Lipinski definition) is 0. The number of benzene rings is 5. The van der Waals surface area contributed by atoms with Gasteiger partial charge in [-0.1, -0.05) is 62.2 Å². The minimum Gasteiger partial charge on any atom is -0.429 e. The van der Waals surface area contributed by atoms with E-state index in [0.29, 0.717) is 23.8 Å². The van der Waals surface area contributed by atoms with Crippen LogP contribution in [0.4, 0.5) is 35.1 Å². The van der Waals surface area contributed by atoms with Crippen LogP contribution in [0.1, 0.15) is 37.3 Å². The topological polar surface area (TPSA) is 9.23 Å². The molecule has 0 aliphatic heterocycles. The number of unbranched alkanes of at least 4 members (excludes halogenated alkanes) is 2. The Morgan fingerprint density at radius 3 is 1.71 bits per heavy atom. The summed E-state index contributed by atoms with van der Waals surface area (Å²) in [6.07, 6.45) is 0.0271. The molecule has 45 heavy (non-hydrogen) atoms. The van der Waals surface area contributed by atoms with Crippen LogP contribution in [0.25, 0.3) is 33.4 Å². The van der Waals surface area contributed by atoms with E-state index in [1.54, 1.807) is 6.07 Å². The van der Waals surface area contributed by atoms with Crippen LogP contribution in [-0.4, -0.2) is 0 Å². The quantitative estimate of drug-likeness (QED) is 0.0852. The molecule has 5 aromatic rings. The van der Waals surface area contributed by atoms with Gasteiger partial charge in [0.2, 0.25) is 0 Å². The first-order valence-corrected chi connectivity index (χ1v) is 14.2. The Bertz CT molecular complexity index is 1810. The fraction of sp³-hybridized carbons (Fsp3) is 0.167.